The van der Waals surface area contributed by atoms with Crippen LogP contribution in [0.5, 0.6) is 0 Å². The quantitative estimate of drug-likeness (QED) is 0.665. The van der Waals surface area contributed by atoms with Crippen molar-refractivity contribution in [2.75, 3.05) is 46.4 Å². The van der Waals surface area contributed by atoms with Gasteiger partial charge in [-0.2, -0.15) is 0 Å². The molecule has 2 aliphatic heterocycles. The summed E-state index contributed by atoms with van der Waals surface area (Å²) in [6.45, 7) is 7.97. The van der Waals surface area contributed by atoms with Gasteiger partial charge in [-0.25, -0.2) is 0 Å². The third-order valence-electron chi connectivity index (χ3n) is 6.32. The number of ether oxygens (including phenoxy) is 1. The Morgan fingerprint density at radius 3 is 2.65 bits per heavy atom. The van der Waals surface area contributed by atoms with E-state index in [2.05, 4.69) is 44.4 Å². The Hall–Kier alpha value is -1.59. The van der Waals surface area contributed by atoms with Crippen molar-refractivity contribution in [1.82, 2.24) is 15.1 Å². The van der Waals surface area contributed by atoms with E-state index < -0.39 is 0 Å². The molecule has 0 atom stereocenters. The molecule has 0 unspecified atom stereocenters. The van der Waals surface area contributed by atoms with Gasteiger partial charge in [0.2, 0.25) is 0 Å². The van der Waals surface area contributed by atoms with E-state index in [-0.39, 0.29) is 0 Å². The summed E-state index contributed by atoms with van der Waals surface area (Å²) in [5.74, 6) is 1.06. The molecule has 0 bridgehead atoms. The van der Waals surface area contributed by atoms with Gasteiger partial charge in [0.25, 0.3) is 0 Å². The van der Waals surface area contributed by atoms with E-state index in [0.29, 0.717) is 5.41 Å². The number of morpholine rings is 1. The number of rotatable bonds is 4. The highest BCUT2D eigenvalue weighted by atomic mass is 16.5. The van der Waals surface area contributed by atoms with Crippen LogP contribution in [0.15, 0.2) is 29.3 Å². The SMILES string of the molecule is CN=C(NCc1cccc(CN2CCOCC2)c1)N1CCC2(CCC2)C1. The largest absolute Gasteiger partial charge is 0.379 e. The molecule has 4 rings (SSSR count). The average Bonchev–Trinajstić information content (AvgIpc) is 3.10. The normalized spacial score (nSPS) is 23.3. The van der Waals surface area contributed by atoms with Gasteiger partial charge in [-0.3, -0.25) is 9.89 Å². The first kappa shape index (κ1) is 17.8. The highest BCUT2D eigenvalue weighted by Gasteiger charge is 2.43. The fraction of sp³-hybridized carbons (Fsp3) is 0.667. The van der Waals surface area contributed by atoms with E-state index >= 15 is 0 Å². The third kappa shape index (κ3) is 4.04. The molecule has 1 aliphatic carbocycles. The van der Waals surface area contributed by atoms with Gasteiger partial charge in [0, 0.05) is 46.3 Å². The molecule has 2 saturated heterocycles. The van der Waals surface area contributed by atoms with Crippen molar-refractivity contribution in [2.24, 2.45) is 10.4 Å². The lowest BCUT2D eigenvalue weighted by Gasteiger charge is -2.38. The first-order chi connectivity index (χ1) is 12.8. The molecule has 0 aromatic heterocycles. The van der Waals surface area contributed by atoms with Crippen LogP contribution in [0.3, 0.4) is 0 Å². The summed E-state index contributed by atoms with van der Waals surface area (Å²) in [5, 5.41) is 3.59. The predicted molar refractivity (Wildman–Crippen MR) is 105 cm³/mol. The van der Waals surface area contributed by atoms with Crippen LogP contribution < -0.4 is 5.32 Å². The highest BCUT2D eigenvalue weighted by Crippen LogP contribution is 2.47. The second-order valence-electron chi connectivity index (χ2n) is 8.13. The van der Waals surface area contributed by atoms with Gasteiger partial charge in [-0.15, -0.1) is 0 Å². The van der Waals surface area contributed by atoms with Gasteiger partial charge in [-0.1, -0.05) is 30.7 Å². The number of hydrogen-bond donors (Lipinski definition) is 1. The zero-order chi connectivity index (χ0) is 17.8. The van der Waals surface area contributed by atoms with Crippen molar-refractivity contribution in [1.29, 1.82) is 0 Å². The molecule has 0 radical (unpaired) electrons. The summed E-state index contributed by atoms with van der Waals surface area (Å²) < 4.78 is 5.44. The highest BCUT2D eigenvalue weighted by molar-refractivity contribution is 5.80. The van der Waals surface area contributed by atoms with Gasteiger partial charge in [-0.05, 0) is 35.8 Å². The van der Waals surface area contributed by atoms with Gasteiger partial charge in [0.1, 0.15) is 0 Å². The number of hydrogen-bond acceptors (Lipinski definition) is 3. The number of aliphatic imine (C=N–C) groups is 1. The molecule has 2 heterocycles. The molecular formula is C21H32N4O. The average molecular weight is 357 g/mol. The monoisotopic (exact) mass is 356 g/mol. The lowest BCUT2D eigenvalue weighted by atomic mass is 9.68. The predicted octanol–water partition coefficient (Wildman–Crippen LogP) is 2.47. The molecule has 1 N–H and O–H groups in total. The molecule has 1 spiro atoms. The Morgan fingerprint density at radius 1 is 1.15 bits per heavy atom. The number of nitrogens with zero attached hydrogens (tertiary/aromatic N) is 3. The van der Waals surface area contributed by atoms with E-state index in [0.717, 1.165) is 51.9 Å². The summed E-state index contributed by atoms with van der Waals surface area (Å²) in [4.78, 5) is 9.46. The molecule has 1 saturated carbocycles. The Morgan fingerprint density at radius 2 is 1.96 bits per heavy atom. The lowest BCUT2D eigenvalue weighted by Crippen LogP contribution is -2.42. The fourth-order valence-corrected chi connectivity index (χ4v) is 4.57. The van der Waals surface area contributed by atoms with Crippen LogP contribution in [0.4, 0.5) is 0 Å². The number of likely N-dealkylation sites (tertiary alicyclic amines) is 1. The van der Waals surface area contributed by atoms with Crippen molar-refractivity contribution in [2.45, 2.75) is 38.8 Å². The van der Waals surface area contributed by atoms with Crippen LogP contribution in [0.25, 0.3) is 0 Å². The van der Waals surface area contributed by atoms with Gasteiger partial charge < -0.3 is 15.0 Å². The molecule has 26 heavy (non-hydrogen) atoms. The zero-order valence-corrected chi connectivity index (χ0v) is 16.0. The van der Waals surface area contributed by atoms with E-state index in [9.17, 15) is 0 Å². The van der Waals surface area contributed by atoms with Crippen LogP contribution >= 0.6 is 0 Å². The minimum absolute atomic E-state index is 0.607. The second kappa shape index (κ2) is 7.97. The number of nitrogens with one attached hydrogen (secondary N) is 1. The van der Waals surface area contributed by atoms with E-state index in [1.54, 1.807) is 0 Å². The van der Waals surface area contributed by atoms with Gasteiger partial charge in [0.05, 0.1) is 13.2 Å². The first-order valence-electron chi connectivity index (χ1n) is 10.1. The molecule has 3 aliphatic rings. The van der Waals surface area contributed by atoms with Crippen molar-refractivity contribution >= 4 is 5.96 Å². The van der Waals surface area contributed by atoms with E-state index in [1.165, 1.54) is 43.4 Å². The van der Waals surface area contributed by atoms with Gasteiger partial charge in [0.15, 0.2) is 5.96 Å². The maximum Gasteiger partial charge on any atom is 0.193 e. The summed E-state index contributed by atoms with van der Waals surface area (Å²) in [6.07, 6.45) is 5.56. The van der Waals surface area contributed by atoms with E-state index in [4.69, 9.17) is 4.74 Å². The minimum atomic E-state index is 0.607. The third-order valence-corrected chi connectivity index (χ3v) is 6.32. The topological polar surface area (TPSA) is 40.1 Å². The minimum Gasteiger partial charge on any atom is -0.379 e. The number of guanidine groups is 1. The summed E-state index contributed by atoms with van der Waals surface area (Å²) in [5.41, 5.74) is 3.32. The molecule has 5 heteroatoms. The Labute approximate surface area is 157 Å². The van der Waals surface area contributed by atoms with Crippen molar-refractivity contribution < 1.29 is 4.74 Å². The van der Waals surface area contributed by atoms with Crippen molar-refractivity contribution in [3.05, 3.63) is 35.4 Å². The zero-order valence-electron chi connectivity index (χ0n) is 16.0. The Bertz CT molecular complexity index is 635. The van der Waals surface area contributed by atoms with Crippen LogP contribution in [0.1, 0.15) is 36.8 Å². The van der Waals surface area contributed by atoms with Gasteiger partial charge >= 0.3 is 0 Å². The maximum atomic E-state index is 5.44. The molecular weight excluding hydrogens is 324 g/mol. The van der Waals surface area contributed by atoms with Crippen molar-refractivity contribution in [3.63, 3.8) is 0 Å². The summed E-state index contributed by atoms with van der Waals surface area (Å²) in [7, 11) is 1.91. The van der Waals surface area contributed by atoms with Crippen molar-refractivity contribution in [3.8, 4) is 0 Å². The number of benzene rings is 1. The first-order valence-corrected chi connectivity index (χ1v) is 10.1. The maximum absolute atomic E-state index is 5.44. The van der Waals surface area contributed by atoms with Crippen LogP contribution in [0.2, 0.25) is 0 Å². The fourth-order valence-electron chi connectivity index (χ4n) is 4.57. The Balaban J connectivity index is 1.31. The molecule has 1 aromatic carbocycles. The molecule has 0 amide bonds. The molecule has 142 valence electrons. The molecule has 3 fully saturated rings. The summed E-state index contributed by atoms with van der Waals surface area (Å²) in [6, 6.07) is 8.94. The second-order valence-corrected chi connectivity index (χ2v) is 8.13. The van der Waals surface area contributed by atoms with Crippen LogP contribution in [-0.4, -0.2) is 62.2 Å². The molecule has 1 aromatic rings. The lowest BCUT2D eigenvalue weighted by molar-refractivity contribution is 0.0342. The molecule has 5 nitrogen and oxygen atoms in total. The van der Waals surface area contributed by atoms with Crippen LogP contribution in [0, 0.1) is 5.41 Å². The Kier molecular flexibility index (Phi) is 5.46. The van der Waals surface area contributed by atoms with E-state index in [1.807, 2.05) is 7.05 Å². The van der Waals surface area contributed by atoms with Crippen LogP contribution in [-0.2, 0) is 17.8 Å². The smallest absolute Gasteiger partial charge is 0.193 e. The summed E-state index contributed by atoms with van der Waals surface area (Å²) >= 11 is 0. The standard InChI is InChI=1S/C21H32N4O/c1-22-20(25-9-8-21(17-25)6-3-7-21)23-15-18-4-2-5-19(14-18)16-24-10-12-26-13-11-24/h2,4-5,14H,3,6-13,15-17H2,1H3,(H,22,23).